The molecule has 0 fully saturated rings. The first-order valence-electron chi connectivity index (χ1n) is 7.51. The molecule has 2 amide bonds. The van der Waals surface area contributed by atoms with Gasteiger partial charge in [0.25, 0.3) is 0 Å². The average molecular weight is 330 g/mol. The SMILES string of the molecule is COc1ccc(OC)c(NC(=O)NCOc2cccc(C)c2C)c1. The Bertz CT molecular complexity index is 716. The minimum atomic E-state index is -0.396. The Labute approximate surface area is 141 Å². The Kier molecular flexibility index (Phi) is 5.89. The molecule has 0 saturated carbocycles. The third-order valence-electron chi connectivity index (χ3n) is 3.67. The highest BCUT2D eigenvalue weighted by Gasteiger charge is 2.09. The van der Waals surface area contributed by atoms with Crippen molar-refractivity contribution in [3.8, 4) is 17.2 Å². The third kappa shape index (κ3) is 4.32. The van der Waals surface area contributed by atoms with Crippen LogP contribution in [0.2, 0.25) is 0 Å². The monoisotopic (exact) mass is 330 g/mol. The van der Waals surface area contributed by atoms with Gasteiger partial charge in [0.15, 0.2) is 6.73 Å². The quantitative estimate of drug-likeness (QED) is 0.796. The lowest BCUT2D eigenvalue weighted by molar-refractivity contribution is 0.234. The number of anilines is 1. The highest BCUT2D eigenvalue weighted by molar-refractivity contribution is 5.91. The van der Waals surface area contributed by atoms with E-state index in [9.17, 15) is 4.79 Å². The second kappa shape index (κ2) is 8.10. The Balaban J connectivity index is 1.93. The van der Waals surface area contributed by atoms with Gasteiger partial charge in [0.2, 0.25) is 0 Å². The zero-order chi connectivity index (χ0) is 17.5. The molecule has 6 heteroatoms. The summed E-state index contributed by atoms with van der Waals surface area (Å²) >= 11 is 0. The van der Waals surface area contributed by atoms with Gasteiger partial charge in [-0.2, -0.15) is 0 Å². The molecule has 0 aliphatic heterocycles. The normalized spacial score (nSPS) is 10.0. The molecule has 2 rings (SSSR count). The molecule has 0 unspecified atom stereocenters. The van der Waals surface area contributed by atoms with E-state index in [0.717, 1.165) is 16.9 Å². The predicted octanol–water partition coefficient (Wildman–Crippen LogP) is 3.48. The zero-order valence-corrected chi connectivity index (χ0v) is 14.3. The number of carbonyl (C=O) groups is 1. The van der Waals surface area contributed by atoms with Crippen molar-refractivity contribution in [1.82, 2.24) is 5.32 Å². The summed E-state index contributed by atoms with van der Waals surface area (Å²) in [5.74, 6) is 1.91. The van der Waals surface area contributed by atoms with E-state index in [1.54, 1.807) is 25.3 Å². The van der Waals surface area contributed by atoms with E-state index < -0.39 is 6.03 Å². The van der Waals surface area contributed by atoms with Gasteiger partial charge in [-0.1, -0.05) is 12.1 Å². The van der Waals surface area contributed by atoms with Crippen LogP contribution in [0.15, 0.2) is 36.4 Å². The van der Waals surface area contributed by atoms with Gasteiger partial charge in [-0.05, 0) is 43.2 Å². The third-order valence-corrected chi connectivity index (χ3v) is 3.67. The summed E-state index contributed by atoms with van der Waals surface area (Å²) in [7, 11) is 3.10. The minimum absolute atomic E-state index is 0.0579. The molecule has 2 N–H and O–H groups in total. The lowest BCUT2D eigenvalue weighted by Crippen LogP contribution is -2.32. The van der Waals surface area contributed by atoms with Crippen molar-refractivity contribution >= 4 is 11.7 Å². The Morgan fingerprint density at radius 2 is 1.83 bits per heavy atom. The predicted molar refractivity (Wildman–Crippen MR) is 93.1 cm³/mol. The molecule has 24 heavy (non-hydrogen) atoms. The summed E-state index contributed by atoms with van der Waals surface area (Å²) in [5.41, 5.74) is 2.70. The summed E-state index contributed by atoms with van der Waals surface area (Å²) in [6.45, 7) is 4.05. The Hall–Kier alpha value is -2.89. The Morgan fingerprint density at radius 1 is 1.04 bits per heavy atom. The van der Waals surface area contributed by atoms with E-state index in [0.29, 0.717) is 17.2 Å². The van der Waals surface area contributed by atoms with Gasteiger partial charge >= 0.3 is 6.03 Å². The summed E-state index contributed by atoms with van der Waals surface area (Å²) in [5, 5.41) is 5.36. The number of benzene rings is 2. The van der Waals surface area contributed by atoms with E-state index >= 15 is 0 Å². The van der Waals surface area contributed by atoms with Gasteiger partial charge in [-0.3, -0.25) is 0 Å². The van der Waals surface area contributed by atoms with Crippen LogP contribution in [-0.4, -0.2) is 27.0 Å². The van der Waals surface area contributed by atoms with E-state index in [-0.39, 0.29) is 6.73 Å². The van der Waals surface area contributed by atoms with Gasteiger partial charge in [0, 0.05) is 6.07 Å². The van der Waals surface area contributed by atoms with Crippen molar-refractivity contribution in [2.75, 3.05) is 26.3 Å². The van der Waals surface area contributed by atoms with Crippen LogP contribution in [0.4, 0.5) is 10.5 Å². The molecule has 0 atom stereocenters. The number of nitrogens with one attached hydrogen (secondary N) is 2. The molecule has 0 aliphatic carbocycles. The number of carbonyl (C=O) groups excluding carboxylic acids is 1. The van der Waals surface area contributed by atoms with Crippen molar-refractivity contribution in [1.29, 1.82) is 0 Å². The number of hydrogen-bond acceptors (Lipinski definition) is 4. The van der Waals surface area contributed by atoms with Crippen LogP contribution in [0, 0.1) is 13.8 Å². The maximum absolute atomic E-state index is 12.0. The van der Waals surface area contributed by atoms with E-state index in [1.807, 2.05) is 32.0 Å². The maximum Gasteiger partial charge on any atom is 0.321 e. The molecule has 0 saturated heterocycles. The molecule has 0 spiro atoms. The highest BCUT2D eigenvalue weighted by Crippen LogP contribution is 2.28. The fourth-order valence-corrected chi connectivity index (χ4v) is 2.14. The summed E-state index contributed by atoms with van der Waals surface area (Å²) in [4.78, 5) is 12.0. The number of hydrogen-bond donors (Lipinski definition) is 2. The second-order valence-electron chi connectivity index (χ2n) is 5.18. The standard InChI is InChI=1S/C18H22N2O4/c1-12-6-5-7-16(13(12)2)24-11-19-18(21)20-15-10-14(22-3)8-9-17(15)23-4/h5-10H,11H2,1-4H3,(H2,19,20,21). The first kappa shape index (κ1) is 17.5. The molecular weight excluding hydrogens is 308 g/mol. The van der Waals surface area contributed by atoms with Crippen LogP contribution in [0.25, 0.3) is 0 Å². The fourth-order valence-electron chi connectivity index (χ4n) is 2.14. The summed E-state index contributed by atoms with van der Waals surface area (Å²) in [6, 6.07) is 10.6. The average Bonchev–Trinajstić information content (AvgIpc) is 2.58. The van der Waals surface area contributed by atoms with Crippen LogP contribution >= 0.6 is 0 Å². The molecular formula is C18H22N2O4. The van der Waals surface area contributed by atoms with Crippen LogP contribution in [0.1, 0.15) is 11.1 Å². The number of amides is 2. The molecule has 6 nitrogen and oxygen atoms in total. The van der Waals surface area contributed by atoms with Gasteiger partial charge in [-0.25, -0.2) is 4.79 Å². The molecule has 0 bridgehead atoms. The number of methoxy groups -OCH3 is 2. The highest BCUT2D eigenvalue weighted by atomic mass is 16.5. The van der Waals surface area contributed by atoms with Crippen LogP contribution < -0.4 is 24.8 Å². The van der Waals surface area contributed by atoms with Crippen molar-refractivity contribution < 1.29 is 19.0 Å². The van der Waals surface area contributed by atoms with Gasteiger partial charge < -0.3 is 24.8 Å². The Morgan fingerprint density at radius 3 is 2.54 bits per heavy atom. The summed E-state index contributed by atoms with van der Waals surface area (Å²) < 4.78 is 16.0. The maximum atomic E-state index is 12.0. The van der Waals surface area contributed by atoms with Crippen molar-refractivity contribution in [2.45, 2.75) is 13.8 Å². The largest absolute Gasteiger partial charge is 0.497 e. The first-order valence-corrected chi connectivity index (χ1v) is 7.51. The zero-order valence-electron chi connectivity index (χ0n) is 14.3. The summed E-state index contributed by atoms with van der Waals surface area (Å²) in [6.07, 6.45) is 0. The second-order valence-corrected chi connectivity index (χ2v) is 5.18. The minimum Gasteiger partial charge on any atom is -0.497 e. The topological polar surface area (TPSA) is 68.8 Å². The van der Waals surface area contributed by atoms with Gasteiger partial charge in [0.1, 0.15) is 17.2 Å². The molecule has 0 heterocycles. The molecule has 2 aromatic carbocycles. The molecule has 0 radical (unpaired) electrons. The number of aryl methyl sites for hydroxylation is 1. The van der Waals surface area contributed by atoms with Gasteiger partial charge in [0.05, 0.1) is 19.9 Å². The van der Waals surface area contributed by atoms with Crippen molar-refractivity contribution in [3.63, 3.8) is 0 Å². The van der Waals surface area contributed by atoms with Crippen LogP contribution in [-0.2, 0) is 0 Å². The van der Waals surface area contributed by atoms with Crippen molar-refractivity contribution in [2.24, 2.45) is 0 Å². The molecule has 0 aliphatic rings. The number of ether oxygens (including phenoxy) is 3. The van der Waals surface area contributed by atoms with Crippen LogP contribution in [0.5, 0.6) is 17.2 Å². The van der Waals surface area contributed by atoms with E-state index in [2.05, 4.69) is 10.6 Å². The fraction of sp³-hybridized carbons (Fsp3) is 0.278. The van der Waals surface area contributed by atoms with Crippen LogP contribution in [0.3, 0.4) is 0 Å². The molecule has 2 aromatic rings. The lowest BCUT2D eigenvalue weighted by atomic mass is 10.1. The lowest BCUT2D eigenvalue weighted by Gasteiger charge is -2.14. The smallest absolute Gasteiger partial charge is 0.321 e. The first-order chi connectivity index (χ1) is 11.5. The van der Waals surface area contributed by atoms with E-state index in [4.69, 9.17) is 14.2 Å². The number of urea groups is 1. The van der Waals surface area contributed by atoms with Gasteiger partial charge in [-0.15, -0.1) is 0 Å². The van der Waals surface area contributed by atoms with E-state index in [1.165, 1.54) is 7.11 Å². The number of rotatable bonds is 6. The molecule has 128 valence electrons. The van der Waals surface area contributed by atoms with Crippen molar-refractivity contribution in [3.05, 3.63) is 47.5 Å². The molecule has 0 aromatic heterocycles.